The number of hydrogen-bond acceptors (Lipinski definition) is 6. The molecule has 0 aliphatic rings. The van der Waals surface area contributed by atoms with Crippen molar-refractivity contribution < 1.29 is 30.0 Å². The van der Waals surface area contributed by atoms with Crippen LogP contribution in [-0.2, 0) is 9.59 Å². The summed E-state index contributed by atoms with van der Waals surface area (Å²) < 4.78 is 0. The highest BCUT2D eigenvalue weighted by molar-refractivity contribution is 5.82. The van der Waals surface area contributed by atoms with Crippen LogP contribution in [0.3, 0.4) is 0 Å². The number of carbonyl (C=O) groups excluding carboxylic acids is 2. The lowest BCUT2D eigenvalue weighted by Crippen LogP contribution is -2.36. The molecule has 0 aliphatic heterocycles. The van der Waals surface area contributed by atoms with Crippen molar-refractivity contribution in [2.24, 2.45) is 0 Å². The van der Waals surface area contributed by atoms with Crippen molar-refractivity contribution in [3.05, 3.63) is 0 Å². The number of unbranched alkanes of at least 4 members (excludes halogenated alkanes) is 6. The van der Waals surface area contributed by atoms with E-state index in [1.165, 1.54) is 0 Å². The molecule has 21 heavy (non-hydrogen) atoms. The highest BCUT2D eigenvalue weighted by Gasteiger charge is 2.28. The molecular weight excluding hydrogens is 276 g/mol. The maximum atomic E-state index is 10.9. The van der Waals surface area contributed by atoms with Crippen LogP contribution in [0, 0.1) is 0 Å². The second-order valence-electron chi connectivity index (χ2n) is 5.72. The van der Waals surface area contributed by atoms with Gasteiger partial charge in [0.15, 0.2) is 11.6 Å². The molecule has 0 saturated heterocycles. The zero-order valence-electron chi connectivity index (χ0n) is 13.0. The lowest BCUT2D eigenvalue weighted by atomic mass is 10.0. The van der Waals surface area contributed by atoms with Gasteiger partial charge in [-0.2, -0.15) is 0 Å². The van der Waals surface area contributed by atoms with Gasteiger partial charge in [0.2, 0.25) is 11.6 Å². The number of rotatable bonds is 12. The molecule has 0 atom stereocenters. The molecule has 0 amide bonds. The molecule has 0 aliphatic carbocycles. The third kappa shape index (κ3) is 8.93. The van der Waals surface area contributed by atoms with E-state index >= 15 is 0 Å². The van der Waals surface area contributed by atoms with Gasteiger partial charge in [0, 0.05) is 26.7 Å². The molecule has 0 aromatic carbocycles. The first-order chi connectivity index (χ1) is 9.59. The fourth-order valence-corrected chi connectivity index (χ4v) is 1.98. The van der Waals surface area contributed by atoms with Crippen LogP contribution in [-0.4, -0.2) is 43.6 Å². The van der Waals surface area contributed by atoms with Crippen molar-refractivity contribution in [2.45, 2.75) is 83.2 Å². The Bertz CT molecular complexity index is 303. The minimum absolute atomic E-state index is 0.0541. The summed E-state index contributed by atoms with van der Waals surface area (Å²) in [4.78, 5) is 21.7. The fraction of sp³-hybridized carbons (Fsp3) is 0.867. The van der Waals surface area contributed by atoms with Crippen LogP contribution >= 0.6 is 0 Å². The van der Waals surface area contributed by atoms with Gasteiger partial charge in [-0.1, -0.05) is 32.1 Å². The number of aliphatic hydroxyl groups is 4. The van der Waals surface area contributed by atoms with E-state index in [0.717, 1.165) is 46.0 Å². The summed E-state index contributed by atoms with van der Waals surface area (Å²) in [6, 6.07) is 0. The van der Waals surface area contributed by atoms with Crippen LogP contribution < -0.4 is 0 Å². The van der Waals surface area contributed by atoms with E-state index in [9.17, 15) is 30.0 Å². The highest BCUT2D eigenvalue weighted by atomic mass is 16.5. The van der Waals surface area contributed by atoms with Gasteiger partial charge in [0.25, 0.3) is 0 Å². The molecule has 0 aromatic rings. The number of carbonyl (C=O) groups is 2. The van der Waals surface area contributed by atoms with E-state index < -0.39 is 23.1 Å². The van der Waals surface area contributed by atoms with Gasteiger partial charge in [-0.3, -0.25) is 9.59 Å². The standard InChI is InChI=1S/C15H28O6/c1-12(16)14(18,19)10-8-6-4-3-5-7-9-11-15(20,21)13(2)17/h18-21H,3-11H2,1-2H3. The molecule has 0 spiro atoms. The predicted molar refractivity (Wildman–Crippen MR) is 77.3 cm³/mol. The number of ketones is 2. The molecular formula is C15H28O6. The van der Waals surface area contributed by atoms with E-state index in [0.29, 0.717) is 12.8 Å². The monoisotopic (exact) mass is 304 g/mol. The van der Waals surface area contributed by atoms with Crippen molar-refractivity contribution in [2.75, 3.05) is 0 Å². The minimum atomic E-state index is -2.20. The molecule has 4 N–H and O–H groups in total. The second kappa shape index (κ2) is 9.25. The third-order valence-electron chi connectivity index (χ3n) is 3.68. The third-order valence-corrected chi connectivity index (χ3v) is 3.68. The molecule has 6 heteroatoms. The van der Waals surface area contributed by atoms with Crippen LogP contribution in [0.1, 0.15) is 71.6 Å². The Labute approximate surface area is 125 Å². The Morgan fingerprint density at radius 3 is 1.10 bits per heavy atom. The Balaban J connectivity index is 3.50. The van der Waals surface area contributed by atoms with Crippen LogP contribution in [0.2, 0.25) is 0 Å². The van der Waals surface area contributed by atoms with Gasteiger partial charge >= 0.3 is 0 Å². The topological polar surface area (TPSA) is 115 Å². The van der Waals surface area contributed by atoms with Crippen molar-refractivity contribution >= 4 is 11.6 Å². The summed E-state index contributed by atoms with van der Waals surface area (Å²) in [7, 11) is 0. The average molecular weight is 304 g/mol. The van der Waals surface area contributed by atoms with Gasteiger partial charge in [0.05, 0.1) is 0 Å². The van der Waals surface area contributed by atoms with Crippen LogP contribution in [0.25, 0.3) is 0 Å². The van der Waals surface area contributed by atoms with Gasteiger partial charge in [0.1, 0.15) is 0 Å². The quantitative estimate of drug-likeness (QED) is 0.316. The summed E-state index contributed by atoms with van der Waals surface area (Å²) in [5.74, 6) is -5.66. The van der Waals surface area contributed by atoms with E-state index in [2.05, 4.69) is 0 Å². The minimum Gasteiger partial charge on any atom is -0.360 e. The molecule has 0 fully saturated rings. The van der Waals surface area contributed by atoms with Crippen LogP contribution in [0.15, 0.2) is 0 Å². The largest absolute Gasteiger partial charge is 0.360 e. The Kier molecular flexibility index (Phi) is 8.89. The summed E-state index contributed by atoms with van der Waals surface area (Å²) in [6.07, 6.45) is 5.68. The van der Waals surface area contributed by atoms with Crippen LogP contribution in [0.5, 0.6) is 0 Å². The molecule has 0 radical (unpaired) electrons. The molecule has 6 nitrogen and oxygen atoms in total. The van der Waals surface area contributed by atoms with E-state index in [1.54, 1.807) is 0 Å². The first-order valence-electron chi connectivity index (χ1n) is 7.51. The summed E-state index contributed by atoms with van der Waals surface area (Å²) in [6.45, 7) is 2.31. The first kappa shape index (κ1) is 20.2. The van der Waals surface area contributed by atoms with Crippen molar-refractivity contribution in [3.63, 3.8) is 0 Å². The smallest absolute Gasteiger partial charge is 0.223 e. The number of Topliss-reactive ketones (excluding diaryl/α,β-unsaturated/α-hetero) is 2. The highest BCUT2D eigenvalue weighted by Crippen LogP contribution is 2.17. The zero-order valence-corrected chi connectivity index (χ0v) is 13.0. The second-order valence-corrected chi connectivity index (χ2v) is 5.72. The van der Waals surface area contributed by atoms with Gasteiger partial charge in [-0.05, 0) is 12.8 Å². The lowest BCUT2D eigenvalue weighted by Gasteiger charge is -2.18. The molecule has 0 saturated carbocycles. The molecule has 0 unspecified atom stereocenters. The normalized spacial score (nSPS) is 12.5. The summed E-state index contributed by atoms with van der Waals surface area (Å²) in [5, 5.41) is 37.3. The van der Waals surface area contributed by atoms with Crippen molar-refractivity contribution in [3.8, 4) is 0 Å². The Morgan fingerprint density at radius 2 is 0.857 bits per heavy atom. The Hall–Kier alpha value is -0.820. The SMILES string of the molecule is CC(=O)C(O)(O)CCCCCCCCCC(O)(O)C(C)=O. The average Bonchev–Trinajstić information content (AvgIpc) is 2.36. The van der Waals surface area contributed by atoms with Crippen LogP contribution in [0.4, 0.5) is 0 Å². The predicted octanol–water partition coefficient (Wildman–Crippen LogP) is 1.04. The number of hydrogen-bond donors (Lipinski definition) is 4. The fourth-order valence-electron chi connectivity index (χ4n) is 1.98. The summed E-state index contributed by atoms with van der Waals surface area (Å²) >= 11 is 0. The van der Waals surface area contributed by atoms with Gasteiger partial charge in [-0.25, -0.2) is 0 Å². The maximum absolute atomic E-state index is 10.9. The summed E-state index contributed by atoms with van der Waals surface area (Å²) in [5.41, 5.74) is 0. The van der Waals surface area contributed by atoms with Crippen molar-refractivity contribution in [1.82, 2.24) is 0 Å². The molecule has 0 rings (SSSR count). The van der Waals surface area contributed by atoms with E-state index in [-0.39, 0.29) is 12.8 Å². The molecule has 0 bridgehead atoms. The molecule has 124 valence electrons. The Morgan fingerprint density at radius 1 is 0.619 bits per heavy atom. The maximum Gasteiger partial charge on any atom is 0.223 e. The van der Waals surface area contributed by atoms with Gasteiger partial charge in [-0.15, -0.1) is 0 Å². The lowest BCUT2D eigenvalue weighted by molar-refractivity contribution is -0.183. The molecule has 0 aromatic heterocycles. The van der Waals surface area contributed by atoms with E-state index in [4.69, 9.17) is 0 Å². The van der Waals surface area contributed by atoms with Gasteiger partial charge < -0.3 is 20.4 Å². The van der Waals surface area contributed by atoms with Crippen molar-refractivity contribution in [1.29, 1.82) is 0 Å². The van der Waals surface area contributed by atoms with E-state index in [1.807, 2.05) is 0 Å². The zero-order chi connectivity index (χ0) is 16.5. The first-order valence-corrected chi connectivity index (χ1v) is 7.51. The molecule has 0 heterocycles.